The molecule has 2 saturated heterocycles. The van der Waals surface area contributed by atoms with E-state index in [2.05, 4.69) is 15.6 Å². The van der Waals surface area contributed by atoms with E-state index < -0.39 is 34.4 Å². The van der Waals surface area contributed by atoms with Gasteiger partial charge in [-0.3, -0.25) is 4.79 Å². The largest absolute Gasteiger partial charge is 0.443 e. The van der Waals surface area contributed by atoms with Gasteiger partial charge in [0.1, 0.15) is 6.10 Å². The maximum Gasteiger partial charge on any atom is 0.407 e. The second kappa shape index (κ2) is 14.0. The molecule has 0 aliphatic carbocycles. The number of hydrogen-bond acceptors (Lipinski definition) is 8. The van der Waals surface area contributed by atoms with E-state index >= 15 is 0 Å². The van der Waals surface area contributed by atoms with E-state index in [0.717, 1.165) is 12.0 Å². The number of nitrogens with zero attached hydrogens (tertiary/aromatic N) is 1. The molecule has 4 N–H and O–H groups in total. The Morgan fingerprint density at radius 3 is 2.68 bits per heavy atom. The van der Waals surface area contributed by atoms with Crippen molar-refractivity contribution < 1.29 is 37.3 Å². The van der Waals surface area contributed by atoms with E-state index in [9.17, 15) is 23.1 Å². The Hall–Kier alpha value is -4.01. The van der Waals surface area contributed by atoms with Crippen molar-refractivity contribution in [3.8, 4) is 0 Å². The summed E-state index contributed by atoms with van der Waals surface area (Å²) in [6.45, 7) is 4.36. The van der Waals surface area contributed by atoms with Gasteiger partial charge in [0.2, 0.25) is 10.0 Å². The van der Waals surface area contributed by atoms with Crippen molar-refractivity contribution in [1.82, 2.24) is 14.6 Å². The molecule has 0 spiro atoms. The summed E-state index contributed by atoms with van der Waals surface area (Å²) < 4.78 is 46.5. The summed E-state index contributed by atoms with van der Waals surface area (Å²) in [5, 5.41) is 17.2. The first-order valence-corrected chi connectivity index (χ1v) is 17.3. The van der Waals surface area contributed by atoms with Crippen LogP contribution in [-0.2, 0) is 35.4 Å². The predicted octanol–water partition coefficient (Wildman–Crippen LogP) is 3.61. The van der Waals surface area contributed by atoms with Crippen LogP contribution in [0.15, 0.2) is 71.8 Å². The summed E-state index contributed by atoms with van der Waals surface area (Å²) in [5.74, 6) is -0.464. The molecule has 2 amide bonds. The van der Waals surface area contributed by atoms with Gasteiger partial charge < -0.3 is 34.9 Å². The molecule has 0 radical (unpaired) electrons. The van der Waals surface area contributed by atoms with Crippen LogP contribution in [0.1, 0.15) is 37.1 Å². The number of aromatic amines is 1. The average molecular weight is 665 g/mol. The molecule has 6 rings (SSSR count). The number of alkyl carbamates (subject to hydrolysis) is 1. The summed E-state index contributed by atoms with van der Waals surface area (Å²) >= 11 is 0. The third-order valence-electron chi connectivity index (χ3n) is 8.60. The zero-order valence-corrected chi connectivity index (χ0v) is 27.1. The monoisotopic (exact) mass is 664 g/mol. The molecule has 0 bridgehead atoms. The van der Waals surface area contributed by atoms with E-state index in [-0.39, 0.29) is 55.0 Å². The molecule has 12 nitrogen and oxygen atoms in total. The minimum atomic E-state index is -4.15. The highest BCUT2D eigenvalue weighted by Gasteiger charge is 2.44. The van der Waals surface area contributed by atoms with Crippen LogP contribution < -0.4 is 10.6 Å². The van der Waals surface area contributed by atoms with Crippen LogP contribution in [0.2, 0.25) is 0 Å². The number of rotatable bonds is 12. The topological polar surface area (TPSA) is 159 Å². The third kappa shape index (κ3) is 7.44. The number of ether oxygens (including phenoxy) is 3. The lowest BCUT2D eigenvalue weighted by Crippen LogP contribution is -2.51. The normalized spacial score (nSPS) is 22.7. The van der Waals surface area contributed by atoms with Crippen LogP contribution in [0.3, 0.4) is 0 Å². The maximum absolute atomic E-state index is 14.2. The minimum Gasteiger partial charge on any atom is -0.443 e. The number of nitrogens with one attached hydrogen (secondary N) is 3. The second-order valence-corrected chi connectivity index (χ2v) is 14.5. The highest BCUT2D eigenvalue weighted by molar-refractivity contribution is 7.89. The summed E-state index contributed by atoms with van der Waals surface area (Å²) in [6, 6.07) is 16.6. The van der Waals surface area contributed by atoms with Crippen LogP contribution >= 0.6 is 0 Å². The second-order valence-electron chi connectivity index (χ2n) is 12.5. The van der Waals surface area contributed by atoms with Gasteiger partial charge in [0.15, 0.2) is 6.29 Å². The van der Waals surface area contributed by atoms with Crippen LogP contribution in [-0.4, -0.2) is 85.7 Å². The lowest BCUT2D eigenvalue weighted by Gasteiger charge is -2.31. The number of amides is 2. The number of carbonyl (C=O) groups excluding carboxylic acids is 2. The molecule has 3 aliphatic heterocycles. The molecule has 2 aromatic carbocycles. The quantitative estimate of drug-likeness (QED) is 0.214. The highest BCUT2D eigenvalue weighted by Crippen LogP contribution is 2.36. The molecule has 3 aromatic rings. The molecule has 13 heteroatoms. The molecule has 0 unspecified atom stereocenters. The Kier molecular flexibility index (Phi) is 9.80. The molecule has 250 valence electrons. The number of benzene rings is 2. The van der Waals surface area contributed by atoms with Gasteiger partial charge in [-0.05, 0) is 60.7 Å². The third-order valence-corrected chi connectivity index (χ3v) is 10.4. The van der Waals surface area contributed by atoms with E-state index in [4.69, 9.17) is 14.2 Å². The zero-order chi connectivity index (χ0) is 33.1. The van der Waals surface area contributed by atoms with E-state index in [1.54, 1.807) is 24.4 Å². The smallest absolute Gasteiger partial charge is 0.407 e. The Morgan fingerprint density at radius 2 is 1.94 bits per heavy atom. The fourth-order valence-corrected chi connectivity index (χ4v) is 7.89. The van der Waals surface area contributed by atoms with Gasteiger partial charge >= 0.3 is 6.09 Å². The number of anilines is 1. The van der Waals surface area contributed by atoms with Gasteiger partial charge in [-0.25, -0.2) is 13.2 Å². The molecule has 3 aliphatic rings. The molecule has 1 aromatic heterocycles. The van der Waals surface area contributed by atoms with Crippen molar-refractivity contribution in [2.45, 2.75) is 56.1 Å². The van der Waals surface area contributed by atoms with E-state index in [0.29, 0.717) is 29.1 Å². The van der Waals surface area contributed by atoms with Crippen LogP contribution in [0.4, 0.5) is 10.5 Å². The van der Waals surface area contributed by atoms with Gasteiger partial charge in [-0.2, -0.15) is 4.31 Å². The summed E-state index contributed by atoms with van der Waals surface area (Å²) in [7, 11) is -4.15. The number of aliphatic hydroxyl groups excluding tert-OH is 1. The lowest BCUT2D eigenvalue weighted by molar-refractivity contribution is -0.110. The average Bonchev–Trinajstić information content (AvgIpc) is 3.84. The Labute approximate surface area is 274 Å². The molecule has 47 heavy (non-hydrogen) atoms. The molecule has 5 atom stereocenters. The number of aliphatic hydroxyl groups is 1. The van der Waals surface area contributed by atoms with Gasteiger partial charge in [-0.1, -0.05) is 44.2 Å². The van der Waals surface area contributed by atoms with Crippen molar-refractivity contribution in [2.24, 2.45) is 11.8 Å². The van der Waals surface area contributed by atoms with Gasteiger partial charge in [0.25, 0.3) is 5.91 Å². The molecule has 2 fully saturated rings. The van der Waals surface area contributed by atoms with Crippen LogP contribution in [0, 0.1) is 11.8 Å². The van der Waals surface area contributed by atoms with Crippen molar-refractivity contribution >= 4 is 39.4 Å². The molecular weight excluding hydrogens is 624 g/mol. The first kappa shape index (κ1) is 32.9. The number of H-pyrrole nitrogens is 1. The standard InChI is InChI=1S/C34H40N4O8S/c1-21(2)18-38(47(42,43)24-10-11-28-26(17-24)27(32(40)36-28)16-23-9-6-13-35-23)19-30(39)29(15-22-7-4-3-5-8-22)37-34(41)46-31-20-45-33-25(31)12-14-44-33/h3-11,13,16-17,21,25,29-31,33,35,39H,12,14-15,18-20H2,1-2H3,(H,36,40)(H,37,41)/b27-16-/t25-,29-,30+,31-,33+/m0/s1. The Balaban J connectivity index is 1.23. The Morgan fingerprint density at radius 1 is 1.13 bits per heavy atom. The highest BCUT2D eigenvalue weighted by atomic mass is 32.2. The fourth-order valence-electron chi connectivity index (χ4n) is 6.25. The number of fused-ring (bicyclic) bond motifs is 2. The van der Waals surface area contributed by atoms with Gasteiger partial charge in [0.05, 0.1) is 41.7 Å². The first-order chi connectivity index (χ1) is 22.6. The molecule has 0 saturated carbocycles. The van der Waals surface area contributed by atoms with Crippen LogP contribution in [0.5, 0.6) is 0 Å². The summed E-state index contributed by atoms with van der Waals surface area (Å²) in [4.78, 5) is 28.9. The van der Waals surface area contributed by atoms with Gasteiger partial charge in [-0.15, -0.1) is 0 Å². The SMILES string of the molecule is CC(C)CN(C[C@@H](O)[C@H](Cc1ccccc1)NC(=O)O[C@H]1CO[C@H]2OCC[C@H]21)S(=O)(=O)c1ccc2c(c1)/C(=C/c1ccc[nH]1)C(=O)N2. The first-order valence-electron chi connectivity index (χ1n) is 15.8. The molecule has 4 heterocycles. The van der Waals surface area contributed by atoms with Crippen molar-refractivity contribution in [1.29, 1.82) is 0 Å². The van der Waals surface area contributed by atoms with Gasteiger partial charge in [0, 0.05) is 36.2 Å². The fraction of sp³-hybridized carbons (Fsp3) is 0.412. The number of sulfonamides is 1. The maximum atomic E-state index is 14.2. The lowest BCUT2D eigenvalue weighted by atomic mass is 10.0. The van der Waals surface area contributed by atoms with Crippen molar-refractivity contribution in [3.63, 3.8) is 0 Å². The number of hydrogen-bond donors (Lipinski definition) is 4. The Bertz CT molecular complexity index is 1710. The van der Waals surface area contributed by atoms with Crippen molar-refractivity contribution in [3.05, 3.63) is 83.7 Å². The summed E-state index contributed by atoms with van der Waals surface area (Å²) in [5.41, 5.74) is 2.86. The van der Waals surface area contributed by atoms with E-state index in [1.807, 2.05) is 50.2 Å². The van der Waals surface area contributed by atoms with E-state index in [1.165, 1.54) is 16.4 Å². The number of carbonyl (C=O) groups is 2. The zero-order valence-electron chi connectivity index (χ0n) is 26.3. The van der Waals surface area contributed by atoms with Crippen LogP contribution in [0.25, 0.3) is 11.6 Å². The number of aromatic nitrogens is 1. The molecular formula is C34H40N4O8S. The summed E-state index contributed by atoms with van der Waals surface area (Å²) in [6.07, 6.45) is 1.48. The minimum absolute atomic E-state index is 0.0143. The van der Waals surface area contributed by atoms with Crippen molar-refractivity contribution in [2.75, 3.05) is 31.6 Å². The predicted molar refractivity (Wildman–Crippen MR) is 174 cm³/mol.